The van der Waals surface area contributed by atoms with Crippen LogP contribution in [0.1, 0.15) is 25.3 Å². The number of aliphatic carboxylic acids is 1. The molecule has 0 aliphatic heterocycles. The van der Waals surface area contributed by atoms with Crippen LogP contribution in [0, 0.1) is 11.6 Å². The van der Waals surface area contributed by atoms with Gasteiger partial charge in [-0.15, -0.1) is 0 Å². The van der Waals surface area contributed by atoms with Crippen LogP contribution in [0.3, 0.4) is 0 Å². The molecule has 1 aliphatic rings. The van der Waals surface area contributed by atoms with Crippen molar-refractivity contribution in [1.29, 1.82) is 0 Å². The first kappa shape index (κ1) is 11.8. The maximum Gasteiger partial charge on any atom is 0.314 e. The van der Waals surface area contributed by atoms with Crippen molar-refractivity contribution in [3.63, 3.8) is 0 Å². The number of rotatable bonds is 4. The van der Waals surface area contributed by atoms with Gasteiger partial charge in [-0.05, 0) is 25.8 Å². The monoisotopic (exact) mass is 242 g/mol. The molecule has 0 saturated heterocycles. The van der Waals surface area contributed by atoms with Gasteiger partial charge in [0.2, 0.25) is 5.82 Å². The van der Waals surface area contributed by atoms with Gasteiger partial charge in [0.25, 0.3) is 0 Å². The van der Waals surface area contributed by atoms with E-state index in [1.54, 1.807) is 6.92 Å². The van der Waals surface area contributed by atoms with Gasteiger partial charge in [0.05, 0.1) is 12.0 Å². The quantitative estimate of drug-likeness (QED) is 0.882. The van der Waals surface area contributed by atoms with E-state index in [9.17, 15) is 13.6 Å². The molecular formula is C12H12F2O3. The topological polar surface area (TPSA) is 46.5 Å². The SMILES string of the molecule is CCOc1ccc(C2(C(=O)O)CC2)c(F)c1F. The lowest BCUT2D eigenvalue weighted by Crippen LogP contribution is -2.21. The van der Waals surface area contributed by atoms with Crippen molar-refractivity contribution >= 4 is 5.97 Å². The van der Waals surface area contributed by atoms with Crippen molar-refractivity contribution < 1.29 is 23.4 Å². The second-order valence-electron chi connectivity index (χ2n) is 4.06. The summed E-state index contributed by atoms with van der Waals surface area (Å²) in [5.41, 5.74) is -1.33. The number of carbonyl (C=O) groups is 1. The molecule has 2 rings (SSSR count). The summed E-state index contributed by atoms with van der Waals surface area (Å²) >= 11 is 0. The first-order chi connectivity index (χ1) is 8.03. The third-order valence-electron chi connectivity index (χ3n) is 3.02. The van der Waals surface area contributed by atoms with E-state index in [-0.39, 0.29) is 17.9 Å². The van der Waals surface area contributed by atoms with Crippen LogP contribution in [0.5, 0.6) is 5.75 Å². The van der Waals surface area contributed by atoms with E-state index >= 15 is 0 Å². The normalized spacial score (nSPS) is 16.6. The van der Waals surface area contributed by atoms with Gasteiger partial charge in [-0.1, -0.05) is 6.07 Å². The molecule has 1 aliphatic carbocycles. The van der Waals surface area contributed by atoms with Crippen molar-refractivity contribution in [2.24, 2.45) is 0 Å². The summed E-state index contributed by atoms with van der Waals surface area (Å²) in [6, 6.07) is 2.57. The van der Waals surface area contributed by atoms with Gasteiger partial charge in [-0.2, -0.15) is 4.39 Å². The average molecular weight is 242 g/mol. The van der Waals surface area contributed by atoms with Crippen LogP contribution in [0.15, 0.2) is 12.1 Å². The van der Waals surface area contributed by atoms with E-state index in [4.69, 9.17) is 9.84 Å². The predicted molar refractivity (Wildman–Crippen MR) is 56.1 cm³/mol. The number of ether oxygens (including phenoxy) is 1. The fourth-order valence-corrected chi connectivity index (χ4v) is 1.89. The minimum Gasteiger partial charge on any atom is -0.491 e. The summed E-state index contributed by atoms with van der Waals surface area (Å²) in [6.07, 6.45) is 0.680. The summed E-state index contributed by atoms with van der Waals surface area (Å²) in [6.45, 7) is 1.88. The van der Waals surface area contributed by atoms with Crippen LogP contribution >= 0.6 is 0 Å². The summed E-state index contributed by atoms with van der Waals surface area (Å²) in [5, 5.41) is 9.02. The lowest BCUT2D eigenvalue weighted by molar-refractivity contribution is -0.140. The van der Waals surface area contributed by atoms with Crippen LogP contribution in [-0.4, -0.2) is 17.7 Å². The van der Waals surface area contributed by atoms with Crippen LogP contribution in [0.4, 0.5) is 8.78 Å². The van der Waals surface area contributed by atoms with Gasteiger partial charge in [0, 0.05) is 5.56 Å². The molecule has 1 fully saturated rings. The highest BCUT2D eigenvalue weighted by atomic mass is 19.2. The maximum absolute atomic E-state index is 13.8. The van der Waals surface area contributed by atoms with Crippen molar-refractivity contribution in [2.45, 2.75) is 25.2 Å². The smallest absolute Gasteiger partial charge is 0.314 e. The van der Waals surface area contributed by atoms with Crippen molar-refractivity contribution in [2.75, 3.05) is 6.61 Å². The number of carboxylic acid groups (broad SMARTS) is 1. The Morgan fingerprint density at radius 3 is 2.53 bits per heavy atom. The lowest BCUT2D eigenvalue weighted by Gasteiger charge is -2.13. The number of carboxylic acids is 1. The standard InChI is InChI=1S/C12H12F2O3/c1-2-17-8-4-3-7(9(13)10(8)14)12(5-6-12)11(15)16/h3-4H,2,5-6H2,1H3,(H,15,16). The molecule has 1 aromatic carbocycles. The Hall–Kier alpha value is -1.65. The zero-order chi connectivity index (χ0) is 12.6. The second kappa shape index (κ2) is 3.98. The van der Waals surface area contributed by atoms with E-state index in [1.165, 1.54) is 12.1 Å². The Morgan fingerprint density at radius 2 is 2.06 bits per heavy atom. The maximum atomic E-state index is 13.8. The molecule has 0 spiro atoms. The highest BCUT2D eigenvalue weighted by Gasteiger charge is 2.53. The van der Waals surface area contributed by atoms with Crippen LogP contribution in [0.25, 0.3) is 0 Å². The predicted octanol–water partition coefficient (Wildman–Crippen LogP) is 2.48. The molecule has 1 saturated carbocycles. The first-order valence-corrected chi connectivity index (χ1v) is 5.37. The highest BCUT2D eigenvalue weighted by molar-refractivity contribution is 5.85. The Labute approximate surface area is 97.0 Å². The second-order valence-corrected chi connectivity index (χ2v) is 4.06. The summed E-state index contributed by atoms with van der Waals surface area (Å²) in [7, 11) is 0. The summed E-state index contributed by atoms with van der Waals surface area (Å²) in [4.78, 5) is 11.0. The van der Waals surface area contributed by atoms with E-state index in [0.717, 1.165) is 0 Å². The number of benzene rings is 1. The van der Waals surface area contributed by atoms with Crippen molar-refractivity contribution in [3.05, 3.63) is 29.3 Å². The summed E-state index contributed by atoms with van der Waals surface area (Å²) < 4.78 is 32.2. The van der Waals surface area contributed by atoms with E-state index in [0.29, 0.717) is 12.8 Å². The van der Waals surface area contributed by atoms with Gasteiger partial charge in [0.1, 0.15) is 0 Å². The summed E-state index contributed by atoms with van der Waals surface area (Å²) in [5.74, 6) is -3.53. The Balaban J connectivity index is 2.45. The number of hydrogen-bond donors (Lipinski definition) is 1. The molecule has 0 aromatic heterocycles. The molecule has 0 radical (unpaired) electrons. The zero-order valence-electron chi connectivity index (χ0n) is 9.30. The average Bonchev–Trinajstić information content (AvgIpc) is 3.06. The van der Waals surface area contributed by atoms with Gasteiger partial charge < -0.3 is 9.84 Å². The van der Waals surface area contributed by atoms with E-state index < -0.39 is 23.0 Å². The number of halogens is 2. The van der Waals surface area contributed by atoms with Gasteiger partial charge >= 0.3 is 5.97 Å². The third-order valence-corrected chi connectivity index (χ3v) is 3.02. The fraction of sp³-hybridized carbons (Fsp3) is 0.417. The number of hydrogen-bond acceptors (Lipinski definition) is 2. The van der Waals surface area contributed by atoms with Gasteiger partial charge in [0.15, 0.2) is 11.6 Å². The first-order valence-electron chi connectivity index (χ1n) is 5.37. The molecule has 5 heteroatoms. The van der Waals surface area contributed by atoms with Gasteiger partial charge in [-0.3, -0.25) is 4.79 Å². The highest BCUT2D eigenvalue weighted by Crippen LogP contribution is 2.50. The van der Waals surface area contributed by atoms with Crippen molar-refractivity contribution in [3.8, 4) is 5.75 Å². The molecule has 17 heavy (non-hydrogen) atoms. The molecule has 0 heterocycles. The molecule has 0 atom stereocenters. The molecule has 1 N–H and O–H groups in total. The fourth-order valence-electron chi connectivity index (χ4n) is 1.89. The van der Waals surface area contributed by atoms with E-state index in [1.807, 2.05) is 0 Å². The molecule has 3 nitrogen and oxygen atoms in total. The third kappa shape index (κ3) is 1.75. The Kier molecular flexibility index (Phi) is 2.77. The van der Waals surface area contributed by atoms with Crippen LogP contribution in [-0.2, 0) is 10.2 Å². The molecule has 1 aromatic rings. The van der Waals surface area contributed by atoms with E-state index in [2.05, 4.69) is 0 Å². The van der Waals surface area contributed by atoms with Gasteiger partial charge in [-0.25, -0.2) is 4.39 Å². The largest absolute Gasteiger partial charge is 0.491 e. The molecule has 92 valence electrons. The Bertz CT molecular complexity index is 467. The lowest BCUT2D eigenvalue weighted by atomic mass is 9.95. The minimum atomic E-state index is -1.24. The van der Waals surface area contributed by atoms with Crippen LogP contribution in [0.2, 0.25) is 0 Å². The molecular weight excluding hydrogens is 230 g/mol. The van der Waals surface area contributed by atoms with Crippen LogP contribution < -0.4 is 4.74 Å². The van der Waals surface area contributed by atoms with Crippen molar-refractivity contribution in [1.82, 2.24) is 0 Å². The minimum absolute atomic E-state index is 0.0917. The molecule has 0 amide bonds. The molecule has 0 bridgehead atoms. The molecule has 0 unspecified atom stereocenters. The Morgan fingerprint density at radius 1 is 1.41 bits per heavy atom. The zero-order valence-corrected chi connectivity index (χ0v) is 9.30.